The topological polar surface area (TPSA) is 26.0 Å². The van der Waals surface area contributed by atoms with Crippen LogP contribution in [0.2, 0.25) is 0 Å². The molecule has 4 heteroatoms. The Bertz CT molecular complexity index is 565. The lowest BCUT2D eigenvalue weighted by molar-refractivity contribution is 0.714. The maximum absolute atomic E-state index is 6.58. The van der Waals surface area contributed by atoms with Crippen molar-refractivity contribution in [1.29, 1.82) is 0 Å². The minimum absolute atomic E-state index is 0.148. The Morgan fingerprint density at radius 2 is 2.05 bits per heavy atom. The highest BCUT2D eigenvalue weighted by atomic mass is 32.2. The normalized spacial score (nSPS) is 29.5. The minimum atomic E-state index is 0.148. The molecule has 1 aliphatic heterocycles. The summed E-state index contributed by atoms with van der Waals surface area (Å²) in [7, 11) is 0. The first kappa shape index (κ1) is 13.8. The third-order valence-corrected chi connectivity index (χ3v) is 8.34. The van der Waals surface area contributed by atoms with Gasteiger partial charge in [0.05, 0.1) is 0 Å². The lowest BCUT2D eigenvalue weighted by atomic mass is 10.0. The van der Waals surface area contributed by atoms with E-state index in [1.807, 2.05) is 11.3 Å². The van der Waals surface area contributed by atoms with Gasteiger partial charge < -0.3 is 5.73 Å². The summed E-state index contributed by atoms with van der Waals surface area (Å²) in [5.41, 5.74) is 7.90. The van der Waals surface area contributed by atoms with Crippen molar-refractivity contribution in [3.05, 3.63) is 35.2 Å². The van der Waals surface area contributed by atoms with Gasteiger partial charge in [-0.3, -0.25) is 0 Å². The molecule has 0 amide bonds. The van der Waals surface area contributed by atoms with Crippen molar-refractivity contribution in [2.75, 3.05) is 5.75 Å². The minimum Gasteiger partial charge on any atom is -0.323 e. The van der Waals surface area contributed by atoms with Gasteiger partial charge in [0.15, 0.2) is 0 Å². The smallest absolute Gasteiger partial charge is 0.0438 e. The summed E-state index contributed by atoms with van der Waals surface area (Å²) >= 11 is 5.95. The SMILES string of the molecule is CC1SCC(C(N)c2cccc3ccsc23)SC1C. The van der Waals surface area contributed by atoms with Gasteiger partial charge in [0.25, 0.3) is 0 Å². The zero-order valence-electron chi connectivity index (χ0n) is 11.2. The number of thioether (sulfide) groups is 2. The van der Waals surface area contributed by atoms with E-state index in [0.29, 0.717) is 10.5 Å². The molecule has 2 aromatic rings. The van der Waals surface area contributed by atoms with Gasteiger partial charge in [-0.2, -0.15) is 23.5 Å². The molecule has 1 saturated heterocycles. The van der Waals surface area contributed by atoms with Gasteiger partial charge in [-0.25, -0.2) is 0 Å². The number of thiophene rings is 1. The highest BCUT2D eigenvalue weighted by Gasteiger charge is 2.30. The van der Waals surface area contributed by atoms with Crippen LogP contribution in [0.25, 0.3) is 10.1 Å². The van der Waals surface area contributed by atoms with Crippen molar-refractivity contribution in [1.82, 2.24) is 0 Å². The van der Waals surface area contributed by atoms with E-state index in [9.17, 15) is 0 Å². The van der Waals surface area contributed by atoms with Crippen LogP contribution in [0, 0.1) is 0 Å². The second-order valence-corrected chi connectivity index (χ2v) is 9.08. The molecule has 0 radical (unpaired) electrons. The summed E-state index contributed by atoms with van der Waals surface area (Å²) in [5.74, 6) is 1.17. The predicted octanol–water partition coefficient (Wildman–Crippen LogP) is 4.53. The Morgan fingerprint density at radius 1 is 1.21 bits per heavy atom. The highest BCUT2D eigenvalue weighted by molar-refractivity contribution is 8.07. The zero-order valence-corrected chi connectivity index (χ0v) is 13.7. The van der Waals surface area contributed by atoms with Gasteiger partial charge in [0.2, 0.25) is 0 Å². The Labute approximate surface area is 127 Å². The van der Waals surface area contributed by atoms with Crippen molar-refractivity contribution in [2.24, 2.45) is 5.73 Å². The predicted molar refractivity (Wildman–Crippen MR) is 91.5 cm³/mol. The van der Waals surface area contributed by atoms with Crippen LogP contribution in [0.15, 0.2) is 29.6 Å². The molecule has 1 aliphatic rings. The summed E-state index contributed by atoms with van der Waals surface area (Å²) in [5, 5.41) is 5.45. The Balaban J connectivity index is 1.87. The number of rotatable bonds is 2. The molecule has 4 atom stereocenters. The van der Waals surface area contributed by atoms with Crippen molar-refractivity contribution in [3.63, 3.8) is 0 Å². The van der Waals surface area contributed by atoms with E-state index in [-0.39, 0.29) is 6.04 Å². The van der Waals surface area contributed by atoms with E-state index >= 15 is 0 Å². The van der Waals surface area contributed by atoms with Crippen LogP contribution in [0.3, 0.4) is 0 Å². The zero-order chi connectivity index (χ0) is 13.4. The molecule has 1 aromatic heterocycles. The lowest BCUT2D eigenvalue weighted by Crippen LogP contribution is -2.34. The maximum Gasteiger partial charge on any atom is 0.0438 e. The van der Waals surface area contributed by atoms with Crippen LogP contribution in [0.5, 0.6) is 0 Å². The van der Waals surface area contributed by atoms with E-state index in [2.05, 4.69) is 67.0 Å². The molecule has 2 heterocycles. The Morgan fingerprint density at radius 3 is 2.84 bits per heavy atom. The second kappa shape index (κ2) is 5.68. The van der Waals surface area contributed by atoms with Crippen LogP contribution >= 0.6 is 34.9 Å². The van der Waals surface area contributed by atoms with Gasteiger partial charge in [-0.1, -0.05) is 32.0 Å². The fourth-order valence-electron chi connectivity index (χ4n) is 2.48. The molecule has 2 N–H and O–H groups in total. The van der Waals surface area contributed by atoms with Crippen LogP contribution in [-0.2, 0) is 0 Å². The molecular formula is C15H19NS3. The first-order valence-corrected chi connectivity index (χ1v) is 9.52. The Kier molecular flexibility index (Phi) is 4.13. The summed E-state index contributed by atoms with van der Waals surface area (Å²) in [6.45, 7) is 4.65. The molecular weight excluding hydrogens is 290 g/mol. The average Bonchev–Trinajstić information content (AvgIpc) is 2.89. The molecule has 0 bridgehead atoms. The maximum atomic E-state index is 6.58. The fourth-order valence-corrected chi connectivity index (χ4v) is 6.48. The van der Waals surface area contributed by atoms with Gasteiger partial charge in [-0.05, 0) is 22.4 Å². The largest absolute Gasteiger partial charge is 0.323 e. The van der Waals surface area contributed by atoms with Crippen molar-refractivity contribution in [2.45, 2.75) is 35.6 Å². The average molecular weight is 310 g/mol. The molecule has 4 unspecified atom stereocenters. The number of benzene rings is 1. The van der Waals surface area contributed by atoms with Crippen LogP contribution < -0.4 is 5.73 Å². The summed E-state index contributed by atoms with van der Waals surface area (Å²) in [4.78, 5) is 0. The number of nitrogens with two attached hydrogens (primary N) is 1. The van der Waals surface area contributed by atoms with E-state index < -0.39 is 0 Å². The number of hydrogen-bond acceptors (Lipinski definition) is 4. The molecule has 0 spiro atoms. The lowest BCUT2D eigenvalue weighted by Gasteiger charge is -2.34. The molecule has 19 heavy (non-hydrogen) atoms. The van der Waals surface area contributed by atoms with Crippen LogP contribution in [0.1, 0.15) is 25.5 Å². The molecule has 3 rings (SSSR count). The van der Waals surface area contributed by atoms with E-state index in [1.54, 1.807) is 0 Å². The summed E-state index contributed by atoms with van der Waals surface area (Å²) in [6, 6.07) is 8.85. The fraction of sp³-hybridized carbons (Fsp3) is 0.467. The van der Waals surface area contributed by atoms with Crippen LogP contribution in [0.4, 0.5) is 0 Å². The molecule has 0 aliphatic carbocycles. The van der Waals surface area contributed by atoms with E-state index in [4.69, 9.17) is 5.73 Å². The standard InChI is InChI=1S/C15H19NS3/c1-9-10(2)19-13(8-18-9)14(16)12-5-3-4-11-6-7-17-15(11)12/h3-7,9-10,13-14H,8,16H2,1-2H3. The van der Waals surface area contributed by atoms with E-state index in [1.165, 1.54) is 21.4 Å². The van der Waals surface area contributed by atoms with Gasteiger partial charge >= 0.3 is 0 Å². The first-order valence-electron chi connectivity index (χ1n) is 6.65. The molecule has 1 aromatic carbocycles. The van der Waals surface area contributed by atoms with Gasteiger partial charge in [0, 0.05) is 32.2 Å². The summed E-state index contributed by atoms with van der Waals surface area (Å²) in [6.07, 6.45) is 0. The van der Waals surface area contributed by atoms with Crippen LogP contribution in [-0.4, -0.2) is 21.5 Å². The third kappa shape index (κ3) is 2.68. The summed E-state index contributed by atoms with van der Waals surface area (Å²) < 4.78 is 1.37. The monoisotopic (exact) mass is 309 g/mol. The molecule has 0 saturated carbocycles. The molecule has 1 fully saturated rings. The van der Waals surface area contributed by atoms with Crippen molar-refractivity contribution in [3.8, 4) is 0 Å². The quantitative estimate of drug-likeness (QED) is 0.883. The molecule has 1 nitrogen and oxygen atoms in total. The number of hydrogen-bond donors (Lipinski definition) is 1. The Hall–Kier alpha value is -0.160. The van der Waals surface area contributed by atoms with E-state index in [0.717, 1.165) is 5.25 Å². The van der Waals surface area contributed by atoms with Crippen molar-refractivity contribution < 1.29 is 0 Å². The first-order chi connectivity index (χ1) is 9.16. The van der Waals surface area contributed by atoms with Gasteiger partial charge in [0.1, 0.15) is 0 Å². The molecule has 102 valence electrons. The highest BCUT2D eigenvalue weighted by Crippen LogP contribution is 2.41. The van der Waals surface area contributed by atoms with Crippen molar-refractivity contribution >= 4 is 44.9 Å². The second-order valence-electron chi connectivity index (χ2n) is 5.13. The number of fused-ring (bicyclic) bond motifs is 1. The third-order valence-electron chi connectivity index (χ3n) is 3.84. The van der Waals surface area contributed by atoms with Gasteiger partial charge in [-0.15, -0.1) is 11.3 Å².